The Morgan fingerprint density at radius 1 is 1.21 bits per heavy atom. The van der Waals surface area contributed by atoms with Crippen molar-refractivity contribution in [2.24, 2.45) is 0 Å². The van der Waals surface area contributed by atoms with Crippen molar-refractivity contribution in [3.05, 3.63) is 70.8 Å². The summed E-state index contributed by atoms with van der Waals surface area (Å²) in [6, 6.07) is 14.0. The topological polar surface area (TPSA) is 76.1 Å². The highest BCUT2D eigenvalue weighted by atomic mass is 16.5. The van der Waals surface area contributed by atoms with Crippen LogP contribution in [0.15, 0.2) is 54.1 Å². The first-order valence-electron chi connectivity index (χ1n) is 9.63. The molecule has 150 valence electrons. The van der Waals surface area contributed by atoms with E-state index in [1.165, 1.54) is 4.90 Å². The van der Waals surface area contributed by atoms with Gasteiger partial charge >= 0.3 is 0 Å². The van der Waals surface area contributed by atoms with Crippen molar-refractivity contribution >= 4 is 17.4 Å². The van der Waals surface area contributed by atoms with Gasteiger partial charge < -0.3 is 19.5 Å². The Kier molecular flexibility index (Phi) is 5.11. The second kappa shape index (κ2) is 7.72. The van der Waals surface area contributed by atoms with Gasteiger partial charge in [0.05, 0.1) is 18.2 Å². The summed E-state index contributed by atoms with van der Waals surface area (Å²) in [5.41, 5.74) is 2.35. The number of nitrogens with zero attached hydrogens (tertiary/aromatic N) is 1. The lowest BCUT2D eigenvalue weighted by Gasteiger charge is -2.25. The molecule has 2 aliphatic heterocycles. The Labute approximate surface area is 169 Å². The molecule has 2 unspecified atom stereocenters. The average Bonchev–Trinajstić information content (AvgIpc) is 3.22. The van der Waals surface area contributed by atoms with E-state index in [4.69, 9.17) is 9.47 Å². The number of aliphatic hydroxyl groups excluding tert-OH is 1. The van der Waals surface area contributed by atoms with Gasteiger partial charge in [0.15, 0.2) is 0 Å². The molecule has 1 amide bonds. The quantitative estimate of drug-likeness (QED) is 0.480. The normalized spacial score (nSPS) is 22.6. The minimum atomic E-state index is -0.683. The number of methoxy groups -OCH3 is 1. The van der Waals surface area contributed by atoms with Crippen LogP contribution in [0.5, 0.6) is 5.75 Å². The first-order valence-corrected chi connectivity index (χ1v) is 9.63. The van der Waals surface area contributed by atoms with Gasteiger partial charge in [0, 0.05) is 25.6 Å². The number of carbonyl (C=O) groups is 2. The smallest absolute Gasteiger partial charge is 0.295 e. The number of rotatable bonds is 5. The molecule has 0 bridgehead atoms. The third-order valence-electron chi connectivity index (χ3n) is 5.36. The number of ether oxygens (including phenoxy) is 2. The zero-order valence-electron chi connectivity index (χ0n) is 16.4. The summed E-state index contributed by atoms with van der Waals surface area (Å²) in [5, 5.41) is 11.1. The van der Waals surface area contributed by atoms with Crippen LogP contribution in [0.2, 0.25) is 0 Å². The van der Waals surface area contributed by atoms with Crippen molar-refractivity contribution in [1.82, 2.24) is 4.90 Å². The standard InChI is InChI=1S/C23H23NO5/c1-14-12-17-13-16(8-9-18(17)29-14)21(25)19-20(15-6-4-3-5-7-15)24(10-11-28-2)23(27)22(19)26/h3-9,13-14,20,25H,10-12H2,1-2H3/b21-19-. The Morgan fingerprint density at radius 3 is 2.69 bits per heavy atom. The predicted molar refractivity (Wildman–Crippen MR) is 108 cm³/mol. The number of Topliss-reactive ketones (excluding diaryl/α,β-unsaturated/α-hetero) is 1. The van der Waals surface area contributed by atoms with Gasteiger partial charge in [-0.05, 0) is 36.2 Å². The summed E-state index contributed by atoms with van der Waals surface area (Å²) in [7, 11) is 1.54. The van der Waals surface area contributed by atoms with Gasteiger partial charge in [-0.25, -0.2) is 0 Å². The molecule has 1 fully saturated rings. The molecule has 29 heavy (non-hydrogen) atoms. The van der Waals surface area contributed by atoms with Gasteiger partial charge in [0.25, 0.3) is 11.7 Å². The highest BCUT2D eigenvalue weighted by Crippen LogP contribution is 2.40. The molecule has 0 aliphatic carbocycles. The Bertz CT molecular complexity index is 982. The van der Waals surface area contributed by atoms with E-state index >= 15 is 0 Å². The van der Waals surface area contributed by atoms with E-state index in [1.54, 1.807) is 19.2 Å². The number of fused-ring (bicyclic) bond motifs is 1. The highest BCUT2D eigenvalue weighted by Gasteiger charge is 2.45. The number of benzene rings is 2. The summed E-state index contributed by atoms with van der Waals surface area (Å²) >= 11 is 0. The molecule has 2 heterocycles. The maximum Gasteiger partial charge on any atom is 0.295 e. The van der Waals surface area contributed by atoms with Crippen LogP contribution in [0.25, 0.3) is 5.76 Å². The van der Waals surface area contributed by atoms with E-state index in [0.29, 0.717) is 12.2 Å². The number of hydrogen-bond acceptors (Lipinski definition) is 5. The number of likely N-dealkylation sites (tertiary alicyclic amines) is 1. The molecule has 0 spiro atoms. The monoisotopic (exact) mass is 393 g/mol. The fraction of sp³-hybridized carbons (Fsp3) is 0.304. The third kappa shape index (κ3) is 3.40. The van der Waals surface area contributed by atoms with Gasteiger partial charge in [-0.1, -0.05) is 30.3 Å². The molecule has 2 aromatic rings. The molecule has 1 N–H and O–H groups in total. The summed E-state index contributed by atoms with van der Waals surface area (Å²) in [4.78, 5) is 27.1. The van der Waals surface area contributed by atoms with Crippen LogP contribution in [-0.4, -0.2) is 48.1 Å². The van der Waals surface area contributed by atoms with Gasteiger partial charge in [0.2, 0.25) is 0 Å². The lowest BCUT2D eigenvalue weighted by Crippen LogP contribution is -2.32. The van der Waals surface area contributed by atoms with E-state index < -0.39 is 17.7 Å². The third-order valence-corrected chi connectivity index (χ3v) is 5.36. The molecule has 0 saturated carbocycles. The maximum absolute atomic E-state index is 12.9. The summed E-state index contributed by atoms with van der Waals surface area (Å²) in [5.74, 6) is -0.693. The van der Waals surface area contributed by atoms with Crippen molar-refractivity contribution in [2.75, 3.05) is 20.3 Å². The summed E-state index contributed by atoms with van der Waals surface area (Å²) in [6.45, 7) is 2.54. The predicted octanol–water partition coefficient (Wildman–Crippen LogP) is 3.08. The molecule has 0 radical (unpaired) electrons. The fourth-order valence-electron chi connectivity index (χ4n) is 4.01. The van der Waals surface area contributed by atoms with Crippen molar-refractivity contribution in [2.45, 2.75) is 25.5 Å². The molecule has 2 aliphatic rings. The number of ketones is 1. The molecule has 6 heteroatoms. The minimum Gasteiger partial charge on any atom is -0.507 e. The molecular formula is C23H23NO5. The highest BCUT2D eigenvalue weighted by molar-refractivity contribution is 6.46. The Balaban J connectivity index is 1.82. The molecule has 1 saturated heterocycles. The van der Waals surface area contributed by atoms with Gasteiger partial charge in [-0.3, -0.25) is 9.59 Å². The van der Waals surface area contributed by atoms with Crippen molar-refractivity contribution < 1.29 is 24.2 Å². The molecule has 0 aromatic heterocycles. The second-order valence-electron chi connectivity index (χ2n) is 7.35. The van der Waals surface area contributed by atoms with Crippen LogP contribution in [-0.2, 0) is 20.7 Å². The number of amides is 1. The van der Waals surface area contributed by atoms with Gasteiger partial charge in [-0.15, -0.1) is 0 Å². The minimum absolute atomic E-state index is 0.0753. The summed E-state index contributed by atoms with van der Waals surface area (Å²) in [6.07, 6.45) is 0.812. The molecular weight excluding hydrogens is 370 g/mol. The Hall–Kier alpha value is -3.12. The maximum atomic E-state index is 12.9. The lowest BCUT2D eigenvalue weighted by atomic mass is 9.94. The van der Waals surface area contributed by atoms with Crippen molar-refractivity contribution in [3.8, 4) is 5.75 Å². The molecule has 2 aromatic carbocycles. The second-order valence-corrected chi connectivity index (χ2v) is 7.35. The van der Waals surface area contributed by atoms with E-state index in [1.807, 2.05) is 43.3 Å². The first kappa shape index (κ1) is 19.2. The Morgan fingerprint density at radius 2 is 1.97 bits per heavy atom. The molecule has 4 rings (SSSR count). The molecule has 2 atom stereocenters. The van der Waals surface area contributed by atoms with Crippen LogP contribution in [0, 0.1) is 0 Å². The van der Waals surface area contributed by atoms with Crippen LogP contribution < -0.4 is 4.74 Å². The number of aliphatic hydroxyl groups is 1. The van der Waals surface area contributed by atoms with Crippen molar-refractivity contribution in [3.63, 3.8) is 0 Å². The van der Waals surface area contributed by atoms with Gasteiger partial charge in [0.1, 0.15) is 17.6 Å². The number of carbonyl (C=O) groups excluding carboxylic acids is 2. The van der Waals surface area contributed by atoms with Gasteiger partial charge in [-0.2, -0.15) is 0 Å². The van der Waals surface area contributed by atoms with Crippen LogP contribution in [0.4, 0.5) is 0 Å². The fourth-order valence-corrected chi connectivity index (χ4v) is 4.01. The van der Waals surface area contributed by atoms with E-state index in [9.17, 15) is 14.7 Å². The zero-order valence-corrected chi connectivity index (χ0v) is 16.4. The lowest BCUT2D eigenvalue weighted by molar-refractivity contribution is -0.140. The largest absolute Gasteiger partial charge is 0.507 e. The van der Waals surface area contributed by atoms with Crippen LogP contribution >= 0.6 is 0 Å². The first-order chi connectivity index (χ1) is 14.0. The van der Waals surface area contributed by atoms with E-state index in [2.05, 4.69) is 0 Å². The average molecular weight is 393 g/mol. The zero-order chi connectivity index (χ0) is 20.5. The van der Waals surface area contributed by atoms with Crippen LogP contribution in [0.3, 0.4) is 0 Å². The molecule has 6 nitrogen and oxygen atoms in total. The SMILES string of the molecule is COCCN1C(=O)C(=O)/C(=C(\O)c2ccc3c(c2)CC(C)O3)C1c1ccccc1. The number of hydrogen-bond donors (Lipinski definition) is 1. The van der Waals surface area contributed by atoms with E-state index in [-0.39, 0.29) is 24.0 Å². The van der Waals surface area contributed by atoms with Crippen molar-refractivity contribution in [1.29, 1.82) is 0 Å². The van der Waals surface area contributed by atoms with Crippen LogP contribution in [0.1, 0.15) is 29.7 Å². The van der Waals surface area contributed by atoms with E-state index in [0.717, 1.165) is 23.3 Å². The summed E-state index contributed by atoms with van der Waals surface area (Å²) < 4.78 is 10.8.